The van der Waals surface area contributed by atoms with Gasteiger partial charge in [0.25, 0.3) is 0 Å². The molecule has 1 heterocycles. The summed E-state index contributed by atoms with van der Waals surface area (Å²) in [6, 6.07) is 25.4. The quantitative estimate of drug-likeness (QED) is 0.506. The van der Waals surface area contributed by atoms with E-state index in [4.69, 9.17) is 0 Å². The molecule has 3 aromatic carbocycles. The molecule has 106 valence electrons. The molecule has 0 aliphatic carbocycles. The minimum atomic E-state index is 1.08. The molecule has 4 rings (SSSR count). The van der Waals surface area contributed by atoms with Gasteiger partial charge in [0, 0.05) is 5.39 Å². The van der Waals surface area contributed by atoms with Crippen LogP contribution >= 0.6 is 0 Å². The third-order valence-electron chi connectivity index (χ3n) is 3.94. The van der Waals surface area contributed by atoms with E-state index in [9.17, 15) is 0 Å². The zero-order chi connectivity index (χ0) is 14.9. The minimum Gasteiger partial charge on any atom is -0.233 e. The van der Waals surface area contributed by atoms with Crippen molar-refractivity contribution < 1.29 is 0 Å². The summed E-state index contributed by atoms with van der Waals surface area (Å²) in [5.74, 6) is 0. The number of nitrogens with zero attached hydrogens (tertiary/aromatic N) is 2. The standard InChI is InChI=1S/C20H16N2/c1-15-5-4-7-17(13-15)16-9-11-19(12-10-16)22-20-8-3-2-6-18(20)14-21-22/h2-14H,1H3. The van der Waals surface area contributed by atoms with Crippen molar-refractivity contribution in [2.45, 2.75) is 6.92 Å². The van der Waals surface area contributed by atoms with E-state index in [1.54, 1.807) is 0 Å². The van der Waals surface area contributed by atoms with E-state index >= 15 is 0 Å². The lowest BCUT2D eigenvalue weighted by molar-refractivity contribution is 0.911. The van der Waals surface area contributed by atoms with Gasteiger partial charge < -0.3 is 0 Å². The molecule has 2 nitrogen and oxygen atoms in total. The summed E-state index contributed by atoms with van der Waals surface area (Å²) in [5, 5.41) is 5.66. The van der Waals surface area contributed by atoms with E-state index in [0.717, 1.165) is 16.6 Å². The van der Waals surface area contributed by atoms with E-state index < -0.39 is 0 Å². The fraction of sp³-hybridized carbons (Fsp3) is 0.0500. The molecule has 0 atom stereocenters. The molecule has 4 aromatic rings. The fourth-order valence-corrected chi connectivity index (χ4v) is 2.80. The minimum absolute atomic E-state index is 1.08. The van der Waals surface area contributed by atoms with Crippen LogP contribution in [-0.4, -0.2) is 9.78 Å². The third kappa shape index (κ3) is 2.19. The van der Waals surface area contributed by atoms with Gasteiger partial charge in [-0.25, -0.2) is 4.68 Å². The maximum absolute atomic E-state index is 4.50. The summed E-state index contributed by atoms with van der Waals surface area (Å²) in [4.78, 5) is 0. The summed E-state index contributed by atoms with van der Waals surface area (Å²) in [5.41, 5.74) is 5.96. The topological polar surface area (TPSA) is 17.8 Å². The Bertz CT molecular complexity index is 933. The van der Waals surface area contributed by atoms with Crippen LogP contribution in [0.3, 0.4) is 0 Å². The van der Waals surface area contributed by atoms with Crippen molar-refractivity contribution >= 4 is 10.9 Å². The zero-order valence-corrected chi connectivity index (χ0v) is 12.4. The molecule has 0 aliphatic heterocycles. The van der Waals surface area contributed by atoms with Crippen molar-refractivity contribution in [3.8, 4) is 16.8 Å². The lowest BCUT2D eigenvalue weighted by atomic mass is 10.0. The summed E-state index contributed by atoms with van der Waals surface area (Å²) in [7, 11) is 0. The fourth-order valence-electron chi connectivity index (χ4n) is 2.80. The number of hydrogen-bond donors (Lipinski definition) is 0. The molecule has 0 spiro atoms. The van der Waals surface area contributed by atoms with Gasteiger partial charge in [0.05, 0.1) is 17.4 Å². The van der Waals surface area contributed by atoms with Crippen LogP contribution in [0.1, 0.15) is 5.56 Å². The van der Waals surface area contributed by atoms with Crippen molar-refractivity contribution in [3.05, 3.63) is 84.6 Å². The predicted octanol–water partition coefficient (Wildman–Crippen LogP) is 5.00. The molecule has 0 aliphatic rings. The van der Waals surface area contributed by atoms with Crippen LogP contribution in [0, 0.1) is 6.92 Å². The van der Waals surface area contributed by atoms with Gasteiger partial charge in [0.15, 0.2) is 0 Å². The molecule has 0 radical (unpaired) electrons. The Balaban J connectivity index is 1.76. The van der Waals surface area contributed by atoms with Crippen molar-refractivity contribution in [2.24, 2.45) is 0 Å². The zero-order valence-electron chi connectivity index (χ0n) is 12.4. The van der Waals surface area contributed by atoms with Crippen LogP contribution < -0.4 is 0 Å². The first kappa shape index (κ1) is 12.8. The molecule has 0 saturated heterocycles. The number of hydrogen-bond acceptors (Lipinski definition) is 1. The highest BCUT2D eigenvalue weighted by Crippen LogP contribution is 2.23. The van der Waals surface area contributed by atoms with Gasteiger partial charge in [-0.1, -0.05) is 60.2 Å². The Morgan fingerprint density at radius 3 is 2.41 bits per heavy atom. The lowest BCUT2D eigenvalue weighted by Gasteiger charge is -2.06. The second-order valence-electron chi connectivity index (χ2n) is 5.53. The van der Waals surface area contributed by atoms with Crippen LogP contribution in [0.5, 0.6) is 0 Å². The van der Waals surface area contributed by atoms with Crippen LogP contribution in [-0.2, 0) is 0 Å². The number of para-hydroxylation sites is 1. The molecule has 22 heavy (non-hydrogen) atoms. The first-order chi connectivity index (χ1) is 10.8. The van der Waals surface area contributed by atoms with Gasteiger partial charge in [0.1, 0.15) is 0 Å². The van der Waals surface area contributed by atoms with Gasteiger partial charge in [-0.2, -0.15) is 5.10 Å². The summed E-state index contributed by atoms with van der Waals surface area (Å²) >= 11 is 0. The third-order valence-corrected chi connectivity index (χ3v) is 3.94. The summed E-state index contributed by atoms with van der Waals surface area (Å²) in [6.45, 7) is 2.12. The average molecular weight is 284 g/mol. The number of benzene rings is 3. The maximum Gasteiger partial charge on any atom is 0.0741 e. The highest BCUT2D eigenvalue weighted by molar-refractivity contribution is 5.80. The maximum atomic E-state index is 4.50. The molecule has 0 bridgehead atoms. The van der Waals surface area contributed by atoms with E-state index in [1.807, 2.05) is 23.0 Å². The van der Waals surface area contributed by atoms with Crippen LogP contribution in [0.15, 0.2) is 79.0 Å². The number of rotatable bonds is 2. The molecule has 0 fully saturated rings. The SMILES string of the molecule is Cc1cccc(-c2ccc(-n3ncc4ccccc43)cc2)c1. The molecule has 1 aromatic heterocycles. The molecule has 0 unspecified atom stereocenters. The van der Waals surface area contributed by atoms with Crippen LogP contribution in [0.2, 0.25) is 0 Å². The van der Waals surface area contributed by atoms with Crippen molar-refractivity contribution in [1.82, 2.24) is 9.78 Å². The Morgan fingerprint density at radius 1 is 0.773 bits per heavy atom. The molecular formula is C20H16N2. The summed E-state index contributed by atoms with van der Waals surface area (Å²) in [6.07, 6.45) is 1.91. The largest absolute Gasteiger partial charge is 0.233 e. The predicted molar refractivity (Wildman–Crippen MR) is 91.2 cm³/mol. The molecule has 0 amide bonds. The van der Waals surface area contributed by atoms with E-state index in [1.165, 1.54) is 16.7 Å². The Morgan fingerprint density at radius 2 is 1.59 bits per heavy atom. The second-order valence-corrected chi connectivity index (χ2v) is 5.53. The van der Waals surface area contributed by atoms with Gasteiger partial charge in [0.2, 0.25) is 0 Å². The first-order valence-electron chi connectivity index (χ1n) is 7.41. The highest BCUT2D eigenvalue weighted by Gasteiger charge is 2.04. The molecule has 0 saturated carbocycles. The number of aromatic nitrogens is 2. The van der Waals surface area contributed by atoms with Crippen molar-refractivity contribution in [3.63, 3.8) is 0 Å². The van der Waals surface area contributed by atoms with E-state index in [2.05, 4.69) is 72.7 Å². The molecule has 0 N–H and O–H groups in total. The van der Waals surface area contributed by atoms with Crippen LogP contribution in [0.25, 0.3) is 27.7 Å². The molecule has 2 heteroatoms. The average Bonchev–Trinajstić information content (AvgIpc) is 2.99. The highest BCUT2D eigenvalue weighted by atomic mass is 15.3. The van der Waals surface area contributed by atoms with Crippen molar-refractivity contribution in [1.29, 1.82) is 0 Å². The van der Waals surface area contributed by atoms with Gasteiger partial charge in [-0.15, -0.1) is 0 Å². The smallest absolute Gasteiger partial charge is 0.0741 e. The Kier molecular flexibility index (Phi) is 3.01. The second kappa shape index (κ2) is 5.15. The monoisotopic (exact) mass is 284 g/mol. The first-order valence-corrected chi connectivity index (χ1v) is 7.41. The van der Waals surface area contributed by atoms with E-state index in [-0.39, 0.29) is 0 Å². The van der Waals surface area contributed by atoms with E-state index in [0.29, 0.717) is 0 Å². The van der Waals surface area contributed by atoms with Crippen molar-refractivity contribution in [2.75, 3.05) is 0 Å². The summed E-state index contributed by atoms with van der Waals surface area (Å²) < 4.78 is 1.98. The lowest BCUT2D eigenvalue weighted by Crippen LogP contribution is -1.95. The molecular weight excluding hydrogens is 268 g/mol. The van der Waals surface area contributed by atoms with Gasteiger partial charge >= 0.3 is 0 Å². The van der Waals surface area contributed by atoms with Crippen LogP contribution in [0.4, 0.5) is 0 Å². The normalized spacial score (nSPS) is 11.0. The number of fused-ring (bicyclic) bond motifs is 1. The number of aryl methyl sites for hydroxylation is 1. The Labute approximate surface area is 129 Å². The Hall–Kier alpha value is -2.87. The van der Waals surface area contributed by atoms with Gasteiger partial charge in [-0.3, -0.25) is 0 Å². The van der Waals surface area contributed by atoms with Gasteiger partial charge in [-0.05, 0) is 36.2 Å².